The molecule has 3 atom stereocenters. The smallest absolute Gasteiger partial charge is 0.238 e. The van der Waals surface area contributed by atoms with Crippen LogP contribution in [0.25, 0.3) is 0 Å². The van der Waals surface area contributed by atoms with Gasteiger partial charge in [0.1, 0.15) is 6.17 Å². The average Bonchev–Trinajstić information content (AvgIpc) is 2.80. The highest BCUT2D eigenvalue weighted by atomic mass is 32.2. The van der Waals surface area contributed by atoms with E-state index in [1.807, 2.05) is 11.8 Å². The zero-order chi connectivity index (χ0) is 15.6. The normalized spacial score (nSPS) is 21.9. The summed E-state index contributed by atoms with van der Waals surface area (Å²) in [6.07, 6.45) is 1.56. The van der Waals surface area contributed by atoms with Crippen LogP contribution in [-0.4, -0.2) is 39.6 Å². The first-order valence-corrected chi connectivity index (χ1v) is 9.07. The summed E-state index contributed by atoms with van der Waals surface area (Å²) in [5.41, 5.74) is 2.37. The van der Waals surface area contributed by atoms with Gasteiger partial charge in [-0.1, -0.05) is 38.1 Å². The number of nitrogens with zero attached hydrogens (tertiary/aromatic N) is 1. The van der Waals surface area contributed by atoms with Crippen molar-refractivity contribution in [2.24, 2.45) is 0 Å². The molecule has 0 aliphatic carbocycles. The molecule has 116 valence electrons. The van der Waals surface area contributed by atoms with Crippen molar-refractivity contribution in [3.8, 4) is 0 Å². The van der Waals surface area contributed by atoms with E-state index in [0.29, 0.717) is 18.2 Å². The van der Waals surface area contributed by atoms with Crippen molar-refractivity contribution in [3.63, 3.8) is 0 Å². The third-order valence-corrected chi connectivity index (χ3v) is 4.83. The third-order valence-electron chi connectivity index (χ3n) is 3.88. The summed E-state index contributed by atoms with van der Waals surface area (Å²) < 4.78 is 11.4. The van der Waals surface area contributed by atoms with Gasteiger partial charge in [0.2, 0.25) is 5.91 Å². The van der Waals surface area contributed by atoms with E-state index in [0.717, 1.165) is 5.56 Å². The molecular formula is C16H24N2O2S. The van der Waals surface area contributed by atoms with Gasteiger partial charge in [-0.05, 0) is 24.0 Å². The maximum atomic E-state index is 12.1. The van der Waals surface area contributed by atoms with E-state index in [1.165, 1.54) is 5.56 Å². The predicted octanol–water partition coefficient (Wildman–Crippen LogP) is 2.01. The van der Waals surface area contributed by atoms with Crippen molar-refractivity contribution >= 4 is 16.7 Å². The van der Waals surface area contributed by atoms with Crippen LogP contribution < -0.4 is 5.32 Å². The van der Waals surface area contributed by atoms with Crippen molar-refractivity contribution in [2.45, 2.75) is 38.9 Å². The second-order valence-electron chi connectivity index (χ2n) is 5.99. The van der Waals surface area contributed by atoms with E-state index >= 15 is 0 Å². The van der Waals surface area contributed by atoms with Gasteiger partial charge >= 0.3 is 0 Å². The molecule has 0 radical (unpaired) electrons. The minimum absolute atomic E-state index is 0.0342. The molecule has 1 aliphatic heterocycles. The number of carbonyl (C=O) groups excluding carboxylic acids is 1. The Kier molecular flexibility index (Phi) is 5.17. The van der Waals surface area contributed by atoms with Gasteiger partial charge in [-0.2, -0.15) is 0 Å². The van der Waals surface area contributed by atoms with Gasteiger partial charge in [0.15, 0.2) is 0 Å². The molecule has 1 saturated heterocycles. The van der Waals surface area contributed by atoms with E-state index in [-0.39, 0.29) is 18.1 Å². The maximum Gasteiger partial charge on any atom is 0.238 e. The van der Waals surface area contributed by atoms with Crippen molar-refractivity contribution in [1.82, 2.24) is 10.2 Å². The van der Waals surface area contributed by atoms with Gasteiger partial charge in [-0.25, -0.2) is 0 Å². The Labute approximate surface area is 129 Å². The first-order chi connectivity index (χ1) is 9.90. The van der Waals surface area contributed by atoms with Gasteiger partial charge in [-0.15, -0.1) is 0 Å². The molecule has 21 heavy (non-hydrogen) atoms. The van der Waals surface area contributed by atoms with Crippen LogP contribution in [0.15, 0.2) is 24.3 Å². The van der Waals surface area contributed by atoms with Gasteiger partial charge in [0, 0.05) is 28.9 Å². The zero-order valence-electron chi connectivity index (χ0n) is 13.1. The molecule has 1 aliphatic rings. The molecule has 1 N–H and O–H groups in total. The quantitative estimate of drug-likeness (QED) is 0.905. The molecule has 1 aromatic carbocycles. The van der Waals surface area contributed by atoms with Crippen LogP contribution in [0.3, 0.4) is 0 Å². The van der Waals surface area contributed by atoms with Gasteiger partial charge in [0.25, 0.3) is 0 Å². The van der Waals surface area contributed by atoms with E-state index in [2.05, 4.69) is 43.4 Å². The summed E-state index contributed by atoms with van der Waals surface area (Å²) in [4.78, 5) is 13.9. The lowest BCUT2D eigenvalue weighted by molar-refractivity contribution is -0.129. The second kappa shape index (κ2) is 6.71. The molecule has 4 nitrogen and oxygen atoms in total. The van der Waals surface area contributed by atoms with Crippen LogP contribution in [0.1, 0.15) is 44.0 Å². The van der Waals surface area contributed by atoms with Gasteiger partial charge in [-0.3, -0.25) is 14.3 Å². The lowest BCUT2D eigenvalue weighted by atomic mass is 10.0. The molecule has 0 aromatic heterocycles. The minimum atomic E-state index is -0.909. The standard InChI is InChI=1S/C16H24N2O2S/c1-11(2)13-5-7-14(8-6-13)16-17-9-15(19)18(16)12(3)10-21(4)20/h5-8,11-12,16-17H,9-10H2,1-4H3. The molecule has 5 heteroatoms. The van der Waals surface area contributed by atoms with E-state index in [9.17, 15) is 9.00 Å². The van der Waals surface area contributed by atoms with Crippen LogP contribution in [-0.2, 0) is 15.6 Å². The van der Waals surface area contributed by atoms with Gasteiger partial charge < -0.3 is 4.90 Å². The number of benzene rings is 1. The first-order valence-electron chi connectivity index (χ1n) is 7.34. The Bertz CT molecular complexity index is 528. The largest absolute Gasteiger partial charge is 0.318 e. The first kappa shape index (κ1) is 16.2. The summed E-state index contributed by atoms with van der Waals surface area (Å²) in [6, 6.07) is 8.35. The van der Waals surface area contributed by atoms with E-state index in [4.69, 9.17) is 0 Å². The number of hydrogen-bond donors (Lipinski definition) is 1. The number of hydrogen-bond acceptors (Lipinski definition) is 3. The van der Waals surface area contributed by atoms with Crippen LogP contribution in [0.2, 0.25) is 0 Å². The predicted molar refractivity (Wildman–Crippen MR) is 86.5 cm³/mol. The van der Waals surface area contributed by atoms with Crippen molar-refractivity contribution in [3.05, 3.63) is 35.4 Å². The van der Waals surface area contributed by atoms with Crippen LogP contribution in [0, 0.1) is 0 Å². The number of carbonyl (C=O) groups is 1. The molecule has 1 fully saturated rings. The highest BCUT2D eigenvalue weighted by molar-refractivity contribution is 7.84. The molecule has 3 unspecified atom stereocenters. The van der Waals surface area contributed by atoms with Crippen molar-refractivity contribution < 1.29 is 9.00 Å². The Balaban J connectivity index is 2.20. The Morgan fingerprint density at radius 2 is 1.90 bits per heavy atom. The van der Waals surface area contributed by atoms with Crippen LogP contribution in [0.4, 0.5) is 0 Å². The molecule has 1 heterocycles. The van der Waals surface area contributed by atoms with E-state index < -0.39 is 10.8 Å². The number of nitrogens with one attached hydrogen (secondary N) is 1. The fourth-order valence-electron chi connectivity index (χ4n) is 2.78. The SMILES string of the molecule is CC(C)c1ccc(C2NCC(=O)N2C(C)CS(C)=O)cc1. The maximum absolute atomic E-state index is 12.1. The van der Waals surface area contributed by atoms with Gasteiger partial charge in [0.05, 0.1) is 6.54 Å². The Morgan fingerprint density at radius 1 is 1.29 bits per heavy atom. The van der Waals surface area contributed by atoms with Crippen molar-refractivity contribution in [1.29, 1.82) is 0 Å². The summed E-state index contributed by atoms with van der Waals surface area (Å²) >= 11 is 0. The average molecular weight is 308 g/mol. The molecule has 0 bridgehead atoms. The molecule has 2 rings (SSSR count). The minimum Gasteiger partial charge on any atom is -0.318 e. The number of amides is 1. The molecular weight excluding hydrogens is 284 g/mol. The lowest BCUT2D eigenvalue weighted by Crippen LogP contribution is -2.40. The topological polar surface area (TPSA) is 49.4 Å². The molecule has 1 aromatic rings. The summed E-state index contributed by atoms with van der Waals surface area (Å²) in [6.45, 7) is 6.63. The zero-order valence-corrected chi connectivity index (χ0v) is 13.9. The molecule has 1 amide bonds. The highest BCUT2D eigenvalue weighted by Gasteiger charge is 2.35. The lowest BCUT2D eigenvalue weighted by Gasteiger charge is -2.30. The third kappa shape index (κ3) is 3.71. The molecule has 0 saturated carbocycles. The van der Waals surface area contributed by atoms with E-state index in [1.54, 1.807) is 6.26 Å². The highest BCUT2D eigenvalue weighted by Crippen LogP contribution is 2.26. The fourth-order valence-corrected chi connectivity index (χ4v) is 3.62. The Hall–Kier alpha value is -1.20. The monoisotopic (exact) mass is 308 g/mol. The summed E-state index contributed by atoms with van der Waals surface area (Å²) in [7, 11) is -0.909. The van der Waals surface area contributed by atoms with Crippen molar-refractivity contribution in [2.75, 3.05) is 18.6 Å². The summed E-state index contributed by atoms with van der Waals surface area (Å²) in [5.74, 6) is 1.08. The number of rotatable bonds is 5. The second-order valence-corrected chi connectivity index (χ2v) is 7.47. The summed E-state index contributed by atoms with van der Waals surface area (Å²) in [5, 5.41) is 3.25. The fraction of sp³-hybridized carbons (Fsp3) is 0.562. The Morgan fingerprint density at radius 3 is 2.43 bits per heavy atom. The molecule has 0 spiro atoms. The van der Waals surface area contributed by atoms with Crippen LogP contribution >= 0.6 is 0 Å². The van der Waals surface area contributed by atoms with Crippen LogP contribution in [0.5, 0.6) is 0 Å².